The van der Waals surface area contributed by atoms with Crippen LogP contribution in [0.2, 0.25) is 0 Å². The van der Waals surface area contributed by atoms with Gasteiger partial charge in [0.2, 0.25) is 11.8 Å². The van der Waals surface area contributed by atoms with E-state index in [1.165, 1.54) is 11.0 Å². The number of hydrogen-bond donors (Lipinski definition) is 3. The number of fused-ring (bicyclic) bond motifs is 1. The van der Waals surface area contributed by atoms with E-state index >= 15 is 0 Å². The topological polar surface area (TPSA) is 107 Å². The number of pyridine rings is 1. The van der Waals surface area contributed by atoms with Gasteiger partial charge in [0.25, 0.3) is 0 Å². The minimum Gasteiger partial charge on any atom is -0.480 e. The summed E-state index contributed by atoms with van der Waals surface area (Å²) in [6.45, 7) is 5.85. The van der Waals surface area contributed by atoms with Crippen molar-refractivity contribution in [3.63, 3.8) is 0 Å². The van der Waals surface area contributed by atoms with Crippen LogP contribution in [0.3, 0.4) is 0 Å². The fraction of sp³-hybridized carbons (Fsp3) is 0.517. The van der Waals surface area contributed by atoms with E-state index in [0.29, 0.717) is 24.0 Å². The Hall–Kier alpha value is -3.63. The van der Waals surface area contributed by atoms with Gasteiger partial charge in [-0.15, -0.1) is 0 Å². The van der Waals surface area contributed by atoms with Crippen molar-refractivity contribution < 1.29 is 27.5 Å². The van der Waals surface area contributed by atoms with Gasteiger partial charge in [-0.3, -0.25) is 24.9 Å². The van der Waals surface area contributed by atoms with Crippen LogP contribution >= 0.6 is 0 Å². The van der Waals surface area contributed by atoms with Crippen molar-refractivity contribution in [2.45, 2.75) is 76.4 Å². The molecular formula is C29H34F3N5O3. The molecule has 2 aliphatic heterocycles. The average Bonchev–Trinajstić information content (AvgIpc) is 3.60. The predicted octanol–water partition coefficient (Wildman–Crippen LogP) is 4.89. The number of carbonyl (C=O) groups excluding carboxylic acids is 2. The summed E-state index contributed by atoms with van der Waals surface area (Å²) in [5.41, 5.74) is 0.697. The van der Waals surface area contributed by atoms with Gasteiger partial charge in [0.05, 0.1) is 18.5 Å². The zero-order valence-corrected chi connectivity index (χ0v) is 22.7. The van der Waals surface area contributed by atoms with E-state index in [-0.39, 0.29) is 41.8 Å². The summed E-state index contributed by atoms with van der Waals surface area (Å²) in [5.74, 6) is -1.58. The highest BCUT2D eigenvalue weighted by molar-refractivity contribution is 6.00. The van der Waals surface area contributed by atoms with Gasteiger partial charge in [0.15, 0.2) is 12.1 Å². The number of guanidine groups is 1. The Bertz CT molecular complexity index is 1260. The molecule has 3 unspecified atom stereocenters. The van der Waals surface area contributed by atoms with Crippen molar-refractivity contribution in [2.24, 2.45) is 17.8 Å². The van der Waals surface area contributed by atoms with E-state index in [1.807, 2.05) is 26.8 Å². The second kappa shape index (κ2) is 10.4. The minimum atomic E-state index is -4.58. The van der Waals surface area contributed by atoms with E-state index in [0.717, 1.165) is 0 Å². The Morgan fingerprint density at radius 2 is 1.98 bits per heavy atom. The Labute approximate surface area is 231 Å². The highest BCUT2D eigenvalue weighted by Gasteiger charge is 2.60. The number of nitrogens with one attached hydrogen (secondary N) is 3. The molecule has 1 saturated heterocycles. The van der Waals surface area contributed by atoms with Gasteiger partial charge in [-0.2, -0.15) is 13.2 Å². The number of halogens is 3. The van der Waals surface area contributed by atoms with Gasteiger partial charge in [-0.25, -0.2) is 0 Å². The summed E-state index contributed by atoms with van der Waals surface area (Å²) in [6, 6.07) is 8.50. The van der Waals surface area contributed by atoms with E-state index in [4.69, 9.17) is 10.1 Å². The van der Waals surface area contributed by atoms with Crippen LogP contribution in [0, 0.1) is 23.2 Å². The number of nitrogens with zero attached hydrogens (tertiary/aromatic N) is 2. The molecule has 3 N–H and O–H groups in total. The fourth-order valence-corrected chi connectivity index (χ4v) is 6.33. The molecule has 214 valence electrons. The first kappa shape index (κ1) is 27.9. The van der Waals surface area contributed by atoms with E-state index < -0.39 is 42.2 Å². The van der Waals surface area contributed by atoms with Crippen LogP contribution in [0.5, 0.6) is 5.75 Å². The Morgan fingerprint density at radius 1 is 1.25 bits per heavy atom. The standard InChI is InChI=1S/C29H34F3N5O3/c1-4-28(5-2)14-22(38)37(27(33)36-28)25(17-9-8-12-34-15-17)23-16(3)24(23)26(39)35-19-13-21(29(30,31)32)40-20-11-7-6-10-18(19)20/h6-12,15-16,19,21,23-25H,4-5,13-14H2,1-3H3,(H2,33,36)(H,35,39)/t16?,19-,21?,23?,24+,25+/m0/s1. The molecule has 5 rings (SSSR count). The van der Waals surface area contributed by atoms with Crippen molar-refractivity contribution in [3.05, 3.63) is 59.9 Å². The molecule has 40 heavy (non-hydrogen) atoms. The van der Waals surface area contributed by atoms with Crippen LogP contribution in [0.25, 0.3) is 0 Å². The van der Waals surface area contributed by atoms with Gasteiger partial charge in [0.1, 0.15) is 5.75 Å². The molecule has 3 aliphatic rings. The van der Waals surface area contributed by atoms with Gasteiger partial charge in [-0.05, 0) is 42.4 Å². The van der Waals surface area contributed by atoms with Crippen molar-refractivity contribution in [2.75, 3.05) is 0 Å². The Balaban J connectivity index is 1.41. The predicted molar refractivity (Wildman–Crippen MR) is 141 cm³/mol. The lowest BCUT2D eigenvalue weighted by molar-refractivity contribution is -0.201. The van der Waals surface area contributed by atoms with E-state index in [9.17, 15) is 22.8 Å². The summed E-state index contributed by atoms with van der Waals surface area (Å²) in [4.78, 5) is 32.8. The molecule has 8 nitrogen and oxygen atoms in total. The van der Waals surface area contributed by atoms with Crippen LogP contribution in [-0.2, 0) is 9.59 Å². The molecule has 1 aliphatic carbocycles. The molecule has 6 atom stereocenters. The largest absolute Gasteiger partial charge is 0.480 e. The van der Waals surface area contributed by atoms with Crippen molar-refractivity contribution in [1.29, 1.82) is 5.41 Å². The number of benzene rings is 1. The maximum atomic E-state index is 13.6. The third kappa shape index (κ3) is 5.01. The highest BCUT2D eigenvalue weighted by Crippen LogP contribution is 2.56. The van der Waals surface area contributed by atoms with Gasteiger partial charge in [-0.1, -0.05) is 45.0 Å². The molecule has 0 spiro atoms. The average molecular weight is 558 g/mol. The summed E-state index contributed by atoms with van der Waals surface area (Å²) in [6.07, 6.45) is -2.21. The van der Waals surface area contributed by atoms with E-state index in [2.05, 4.69) is 15.6 Å². The van der Waals surface area contributed by atoms with E-state index in [1.54, 1.807) is 36.7 Å². The first-order valence-corrected chi connectivity index (χ1v) is 13.7. The first-order valence-electron chi connectivity index (χ1n) is 13.7. The van der Waals surface area contributed by atoms with Crippen LogP contribution in [0.15, 0.2) is 48.8 Å². The quantitative estimate of drug-likeness (QED) is 0.449. The summed E-state index contributed by atoms with van der Waals surface area (Å²) >= 11 is 0. The van der Waals surface area contributed by atoms with Crippen molar-refractivity contribution >= 4 is 17.8 Å². The maximum absolute atomic E-state index is 13.6. The van der Waals surface area contributed by atoms with Crippen LogP contribution in [-0.4, -0.2) is 45.5 Å². The summed E-state index contributed by atoms with van der Waals surface area (Å²) in [5, 5.41) is 14.9. The van der Waals surface area contributed by atoms with Gasteiger partial charge in [0, 0.05) is 35.8 Å². The SMILES string of the molecule is CCC1(CC)CC(=O)N([C@H](c2cccnc2)C2C(C)[C@H]2C(=O)N[C@H]2CC(C(F)(F)F)Oc3ccccc32)C(=N)N1. The number of ether oxygens (including phenoxy) is 1. The zero-order chi connectivity index (χ0) is 28.8. The molecule has 1 saturated carbocycles. The van der Waals surface area contributed by atoms with Gasteiger partial charge >= 0.3 is 6.18 Å². The van der Waals surface area contributed by atoms with Crippen LogP contribution < -0.4 is 15.4 Å². The number of alkyl halides is 3. The molecule has 0 bridgehead atoms. The normalized spacial score (nSPS) is 28.1. The molecule has 3 heterocycles. The first-order chi connectivity index (χ1) is 19.0. The van der Waals surface area contributed by atoms with Gasteiger partial charge < -0.3 is 15.4 Å². The number of rotatable bonds is 7. The summed E-state index contributed by atoms with van der Waals surface area (Å²) < 4.78 is 46.0. The second-order valence-corrected chi connectivity index (χ2v) is 11.1. The Kier molecular flexibility index (Phi) is 7.26. The number of amides is 2. The third-order valence-corrected chi connectivity index (χ3v) is 8.85. The smallest absolute Gasteiger partial charge is 0.425 e. The number of hydrogen-bond acceptors (Lipinski definition) is 5. The molecule has 0 radical (unpaired) electrons. The second-order valence-electron chi connectivity index (χ2n) is 11.1. The summed E-state index contributed by atoms with van der Waals surface area (Å²) in [7, 11) is 0. The Morgan fingerprint density at radius 3 is 2.60 bits per heavy atom. The lowest BCUT2D eigenvalue weighted by atomic mass is 9.85. The third-order valence-electron chi connectivity index (χ3n) is 8.85. The molecule has 2 amide bonds. The number of carbonyl (C=O) groups is 2. The lowest BCUT2D eigenvalue weighted by Crippen LogP contribution is -2.62. The maximum Gasteiger partial charge on any atom is 0.425 e. The molecule has 2 aromatic rings. The highest BCUT2D eigenvalue weighted by atomic mass is 19.4. The lowest BCUT2D eigenvalue weighted by Gasteiger charge is -2.45. The molecule has 1 aromatic carbocycles. The van der Waals surface area contributed by atoms with Crippen molar-refractivity contribution in [1.82, 2.24) is 20.5 Å². The minimum absolute atomic E-state index is 0.0153. The molecule has 1 aromatic heterocycles. The molecule has 11 heteroatoms. The zero-order valence-electron chi connectivity index (χ0n) is 22.7. The number of para-hydroxylation sites is 1. The van der Waals surface area contributed by atoms with Crippen LogP contribution in [0.1, 0.15) is 69.7 Å². The fourth-order valence-electron chi connectivity index (χ4n) is 6.33. The molecular weight excluding hydrogens is 523 g/mol. The number of aromatic nitrogens is 1. The van der Waals surface area contributed by atoms with Crippen LogP contribution in [0.4, 0.5) is 13.2 Å². The monoisotopic (exact) mass is 557 g/mol. The van der Waals surface area contributed by atoms with Crippen molar-refractivity contribution in [3.8, 4) is 5.75 Å². The molecule has 2 fully saturated rings.